The van der Waals surface area contributed by atoms with Crippen molar-refractivity contribution >= 4 is 17.5 Å². The highest BCUT2D eigenvalue weighted by Crippen LogP contribution is 2.18. The number of nitro benzene ring substituents is 1. The van der Waals surface area contributed by atoms with Crippen molar-refractivity contribution in [3.05, 3.63) is 39.9 Å². The molecule has 0 radical (unpaired) electrons. The maximum atomic E-state index is 12.5. The zero-order chi connectivity index (χ0) is 17.8. The fraction of sp³-hybridized carbons (Fsp3) is 0.529. The van der Waals surface area contributed by atoms with Crippen molar-refractivity contribution in [1.82, 2.24) is 15.1 Å². The molecule has 8 nitrogen and oxygen atoms in total. The van der Waals surface area contributed by atoms with E-state index in [1.165, 1.54) is 24.3 Å². The molecule has 0 aliphatic carbocycles. The number of piperazine rings is 1. The van der Waals surface area contributed by atoms with Gasteiger partial charge in [0.15, 0.2) is 0 Å². The van der Waals surface area contributed by atoms with Crippen molar-refractivity contribution in [2.75, 3.05) is 39.3 Å². The lowest BCUT2D eigenvalue weighted by atomic mass is 9.96. The topological polar surface area (TPSA) is 95.8 Å². The van der Waals surface area contributed by atoms with Gasteiger partial charge in [-0.2, -0.15) is 0 Å². The Kier molecular flexibility index (Phi) is 5.28. The molecule has 2 saturated heterocycles. The molecule has 2 amide bonds. The highest BCUT2D eigenvalue weighted by atomic mass is 16.6. The van der Waals surface area contributed by atoms with Gasteiger partial charge in [0, 0.05) is 49.8 Å². The molecule has 0 bridgehead atoms. The number of nitrogens with zero attached hydrogens (tertiary/aromatic N) is 3. The first kappa shape index (κ1) is 17.3. The molecule has 0 unspecified atom stereocenters. The number of rotatable bonds is 3. The number of amides is 2. The zero-order valence-corrected chi connectivity index (χ0v) is 14.0. The lowest BCUT2D eigenvalue weighted by molar-refractivity contribution is -0.384. The Labute approximate surface area is 145 Å². The second kappa shape index (κ2) is 7.60. The summed E-state index contributed by atoms with van der Waals surface area (Å²) in [5, 5.41) is 13.9. The first-order chi connectivity index (χ1) is 12.1. The molecule has 8 heteroatoms. The lowest BCUT2D eigenvalue weighted by Crippen LogP contribution is -2.52. The number of carbonyl (C=O) groups is 2. The van der Waals surface area contributed by atoms with Crippen molar-refractivity contribution in [3.63, 3.8) is 0 Å². The Morgan fingerprint density at radius 2 is 1.56 bits per heavy atom. The van der Waals surface area contributed by atoms with Crippen molar-refractivity contribution in [3.8, 4) is 0 Å². The van der Waals surface area contributed by atoms with Crippen molar-refractivity contribution < 1.29 is 14.5 Å². The molecule has 0 aromatic heterocycles. The maximum absolute atomic E-state index is 12.5. The smallest absolute Gasteiger partial charge is 0.269 e. The first-order valence-corrected chi connectivity index (χ1v) is 8.59. The predicted molar refractivity (Wildman–Crippen MR) is 91.2 cm³/mol. The Bertz CT molecular complexity index is 647. The number of piperidine rings is 1. The molecule has 2 aliphatic heterocycles. The Hall–Kier alpha value is -2.48. The van der Waals surface area contributed by atoms with E-state index in [0.717, 1.165) is 25.9 Å². The second-order valence-electron chi connectivity index (χ2n) is 6.45. The minimum Gasteiger partial charge on any atom is -0.339 e. The summed E-state index contributed by atoms with van der Waals surface area (Å²) in [5.41, 5.74) is 0.401. The fourth-order valence-corrected chi connectivity index (χ4v) is 3.37. The molecule has 1 aromatic rings. The fourth-order valence-electron chi connectivity index (χ4n) is 3.37. The van der Waals surface area contributed by atoms with E-state index >= 15 is 0 Å². The summed E-state index contributed by atoms with van der Waals surface area (Å²) >= 11 is 0. The average Bonchev–Trinajstić information content (AvgIpc) is 2.67. The van der Waals surface area contributed by atoms with E-state index in [1.807, 2.05) is 4.90 Å². The highest BCUT2D eigenvalue weighted by Gasteiger charge is 2.30. The van der Waals surface area contributed by atoms with Gasteiger partial charge in [-0.05, 0) is 38.1 Å². The molecule has 1 N–H and O–H groups in total. The van der Waals surface area contributed by atoms with Crippen molar-refractivity contribution in [2.24, 2.45) is 5.92 Å². The van der Waals surface area contributed by atoms with Crippen LogP contribution in [0.1, 0.15) is 23.2 Å². The van der Waals surface area contributed by atoms with E-state index < -0.39 is 4.92 Å². The third kappa shape index (κ3) is 3.96. The molecular formula is C17H22N4O4. The van der Waals surface area contributed by atoms with E-state index in [0.29, 0.717) is 31.7 Å². The number of benzene rings is 1. The van der Waals surface area contributed by atoms with Crippen LogP contribution in [0, 0.1) is 16.0 Å². The summed E-state index contributed by atoms with van der Waals surface area (Å²) < 4.78 is 0. The molecular weight excluding hydrogens is 324 g/mol. The van der Waals surface area contributed by atoms with Gasteiger partial charge in [0.2, 0.25) is 5.91 Å². The van der Waals surface area contributed by atoms with Gasteiger partial charge in [-0.3, -0.25) is 19.7 Å². The minimum atomic E-state index is -0.487. The van der Waals surface area contributed by atoms with Crippen LogP contribution in [0.25, 0.3) is 0 Å². The summed E-state index contributed by atoms with van der Waals surface area (Å²) in [6.45, 7) is 3.84. The number of non-ortho nitro benzene ring substituents is 1. The number of hydrogen-bond donors (Lipinski definition) is 1. The van der Waals surface area contributed by atoms with Crippen molar-refractivity contribution in [1.29, 1.82) is 0 Å². The molecule has 0 atom stereocenters. The second-order valence-corrected chi connectivity index (χ2v) is 6.45. The molecule has 134 valence electrons. The molecule has 0 saturated carbocycles. The molecule has 2 heterocycles. The van der Waals surface area contributed by atoms with Gasteiger partial charge in [0.05, 0.1) is 4.92 Å². The van der Waals surface area contributed by atoms with E-state index in [4.69, 9.17) is 0 Å². The van der Waals surface area contributed by atoms with Crippen LogP contribution in [-0.2, 0) is 4.79 Å². The summed E-state index contributed by atoms with van der Waals surface area (Å²) in [6.07, 6.45) is 1.75. The normalized spacial score (nSPS) is 18.9. The molecule has 1 aromatic carbocycles. The van der Waals surface area contributed by atoms with Crippen LogP contribution in [0.2, 0.25) is 0 Å². The van der Waals surface area contributed by atoms with Crippen LogP contribution >= 0.6 is 0 Å². The molecule has 25 heavy (non-hydrogen) atoms. The van der Waals surface area contributed by atoms with Crippen LogP contribution in [-0.4, -0.2) is 65.8 Å². The van der Waals surface area contributed by atoms with Gasteiger partial charge in [0.25, 0.3) is 11.6 Å². The zero-order valence-electron chi connectivity index (χ0n) is 14.0. The molecule has 0 spiro atoms. The van der Waals surface area contributed by atoms with Gasteiger partial charge in [0.1, 0.15) is 0 Å². The number of carbonyl (C=O) groups excluding carboxylic acids is 2. The third-order valence-corrected chi connectivity index (χ3v) is 4.89. The Morgan fingerprint density at radius 1 is 1.00 bits per heavy atom. The third-order valence-electron chi connectivity index (χ3n) is 4.89. The standard InChI is InChI=1S/C17H22N4O4/c22-16(13-1-3-15(4-2-13)21(24)25)19-9-11-20(12-10-19)17(23)14-5-7-18-8-6-14/h1-4,14,18H,5-12H2. The number of nitrogens with one attached hydrogen (secondary N) is 1. The van der Waals surface area contributed by atoms with Crippen LogP contribution in [0.5, 0.6) is 0 Å². The number of hydrogen-bond acceptors (Lipinski definition) is 5. The molecule has 2 aliphatic rings. The predicted octanol–water partition coefficient (Wildman–Crippen LogP) is 0.879. The maximum Gasteiger partial charge on any atom is 0.269 e. The monoisotopic (exact) mass is 346 g/mol. The van der Waals surface area contributed by atoms with Gasteiger partial charge in [-0.25, -0.2) is 0 Å². The highest BCUT2D eigenvalue weighted by molar-refractivity contribution is 5.94. The van der Waals surface area contributed by atoms with Crippen LogP contribution in [0.4, 0.5) is 5.69 Å². The molecule has 3 rings (SSSR count). The Balaban J connectivity index is 1.55. The van der Waals surface area contributed by atoms with Crippen LogP contribution in [0.15, 0.2) is 24.3 Å². The largest absolute Gasteiger partial charge is 0.339 e. The Morgan fingerprint density at radius 3 is 2.12 bits per heavy atom. The van der Waals surface area contributed by atoms with Gasteiger partial charge >= 0.3 is 0 Å². The van der Waals surface area contributed by atoms with Gasteiger partial charge < -0.3 is 15.1 Å². The van der Waals surface area contributed by atoms with E-state index in [1.54, 1.807) is 4.90 Å². The van der Waals surface area contributed by atoms with E-state index in [2.05, 4.69) is 5.32 Å². The van der Waals surface area contributed by atoms with Gasteiger partial charge in [-0.15, -0.1) is 0 Å². The van der Waals surface area contributed by atoms with E-state index in [-0.39, 0.29) is 23.4 Å². The first-order valence-electron chi connectivity index (χ1n) is 8.59. The summed E-state index contributed by atoms with van der Waals surface area (Å²) in [7, 11) is 0. The SMILES string of the molecule is O=C(c1ccc([N+](=O)[O-])cc1)N1CCN(C(=O)C2CCNCC2)CC1. The average molecular weight is 346 g/mol. The lowest BCUT2D eigenvalue weighted by Gasteiger charge is -2.37. The van der Waals surface area contributed by atoms with Gasteiger partial charge in [-0.1, -0.05) is 0 Å². The summed E-state index contributed by atoms with van der Waals surface area (Å²) in [4.78, 5) is 38.8. The van der Waals surface area contributed by atoms with Crippen LogP contribution < -0.4 is 5.32 Å². The van der Waals surface area contributed by atoms with E-state index in [9.17, 15) is 19.7 Å². The molecule has 2 fully saturated rings. The van der Waals surface area contributed by atoms with Crippen LogP contribution in [0.3, 0.4) is 0 Å². The minimum absolute atomic E-state index is 0.0334. The quantitative estimate of drug-likeness (QED) is 0.647. The summed E-state index contributed by atoms with van der Waals surface area (Å²) in [6, 6.07) is 5.63. The summed E-state index contributed by atoms with van der Waals surface area (Å²) in [5.74, 6) is 0.144. The number of nitro groups is 1. The van der Waals surface area contributed by atoms with Crippen molar-refractivity contribution in [2.45, 2.75) is 12.8 Å².